The summed E-state index contributed by atoms with van der Waals surface area (Å²) < 4.78 is 0. The number of halogens is 1. The topological polar surface area (TPSA) is 50.9 Å². The van der Waals surface area contributed by atoms with Gasteiger partial charge >= 0.3 is 0 Å². The van der Waals surface area contributed by atoms with Crippen LogP contribution in [0.1, 0.15) is 5.56 Å². The van der Waals surface area contributed by atoms with E-state index in [2.05, 4.69) is 16.9 Å². The van der Waals surface area contributed by atoms with E-state index in [4.69, 9.17) is 17.3 Å². The largest absolute Gasteiger partial charge is 0.397 e. The van der Waals surface area contributed by atoms with E-state index in [9.17, 15) is 0 Å². The van der Waals surface area contributed by atoms with Gasteiger partial charge in [-0.3, -0.25) is 0 Å². The van der Waals surface area contributed by atoms with Crippen LogP contribution in [0.15, 0.2) is 23.9 Å². The maximum Gasteiger partial charge on any atom is 0.126 e. The van der Waals surface area contributed by atoms with Crippen LogP contribution in [-0.2, 0) is 0 Å². The molecule has 0 saturated heterocycles. The number of nitrogens with one attached hydrogen (secondary N) is 1. The van der Waals surface area contributed by atoms with E-state index in [-0.39, 0.29) is 0 Å². The number of rotatable bonds is 3. The highest BCUT2D eigenvalue weighted by Crippen LogP contribution is 2.13. The molecule has 0 bridgehead atoms. The van der Waals surface area contributed by atoms with E-state index in [1.54, 1.807) is 6.20 Å². The van der Waals surface area contributed by atoms with Gasteiger partial charge in [-0.15, -0.1) is 0 Å². The zero-order chi connectivity index (χ0) is 9.84. The molecule has 0 amide bonds. The summed E-state index contributed by atoms with van der Waals surface area (Å²) in [5.74, 6) is 0.758. The minimum Gasteiger partial charge on any atom is -0.397 e. The molecule has 0 aliphatic carbocycles. The highest BCUT2D eigenvalue weighted by atomic mass is 35.5. The van der Waals surface area contributed by atoms with E-state index in [1.165, 1.54) is 0 Å². The van der Waals surface area contributed by atoms with Gasteiger partial charge in [0.25, 0.3) is 0 Å². The Labute approximate surface area is 82.6 Å². The lowest BCUT2D eigenvalue weighted by atomic mass is 10.2. The summed E-state index contributed by atoms with van der Waals surface area (Å²) in [6.07, 6.45) is 1.62. The van der Waals surface area contributed by atoms with Gasteiger partial charge in [-0.25, -0.2) is 4.98 Å². The minimum atomic E-state index is 0.512. The maximum absolute atomic E-state index is 5.61. The van der Waals surface area contributed by atoms with Crippen LogP contribution < -0.4 is 11.1 Å². The summed E-state index contributed by atoms with van der Waals surface area (Å²) in [5.41, 5.74) is 7.30. The van der Waals surface area contributed by atoms with E-state index < -0.39 is 0 Å². The van der Waals surface area contributed by atoms with Crippen molar-refractivity contribution in [2.75, 3.05) is 17.6 Å². The predicted octanol–water partition coefficient (Wildman–Crippen LogP) is 2.14. The first-order valence-electron chi connectivity index (χ1n) is 3.89. The van der Waals surface area contributed by atoms with Crippen molar-refractivity contribution in [1.82, 2.24) is 4.98 Å². The second-order valence-corrected chi connectivity index (χ2v) is 3.33. The lowest BCUT2D eigenvalue weighted by molar-refractivity contribution is 1.20. The fraction of sp³-hybridized carbons (Fsp3) is 0.222. The van der Waals surface area contributed by atoms with Crippen LogP contribution in [-0.4, -0.2) is 11.5 Å². The Morgan fingerprint density at radius 3 is 3.00 bits per heavy atom. The number of nitrogens with zero attached hydrogens (tertiary/aromatic N) is 1. The molecule has 1 aromatic heterocycles. The Balaban J connectivity index is 2.68. The number of aryl methyl sites for hydroxylation is 1. The summed E-state index contributed by atoms with van der Waals surface area (Å²) in [5, 5.41) is 3.57. The van der Waals surface area contributed by atoms with Gasteiger partial charge in [0.2, 0.25) is 0 Å². The number of pyridine rings is 1. The maximum atomic E-state index is 5.61. The van der Waals surface area contributed by atoms with E-state index >= 15 is 0 Å². The molecule has 3 nitrogen and oxygen atoms in total. The Bertz CT molecular complexity index is 323. The van der Waals surface area contributed by atoms with Crippen LogP contribution in [0.25, 0.3) is 0 Å². The van der Waals surface area contributed by atoms with Crippen molar-refractivity contribution in [1.29, 1.82) is 0 Å². The zero-order valence-electron chi connectivity index (χ0n) is 7.47. The van der Waals surface area contributed by atoms with Crippen molar-refractivity contribution in [3.05, 3.63) is 29.4 Å². The highest BCUT2D eigenvalue weighted by Gasteiger charge is 1.97. The van der Waals surface area contributed by atoms with Gasteiger partial charge in [-0.1, -0.05) is 18.2 Å². The quantitative estimate of drug-likeness (QED) is 0.781. The first kappa shape index (κ1) is 9.86. The predicted molar refractivity (Wildman–Crippen MR) is 56.9 cm³/mol. The fourth-order valence-electron chi connectivity index (χ4n) is 0.850. The summed E-state index contributed by atoms with van der Waals surface area (Å²) >= 11 is 5.59. The monoisotopic (exact) mass is 197 g/mol. The molecule has 0 aliphatic rings. The molecule has 4 heteroatoms. The molecule has 1 rings (SSSR count). The molecular weight excluding hydrogens is 186 g/mol. The van der Waals surface area contributed by atoms with Crippen LogP contribution >= 0.6 is 11.6 Å². The average molecular weight is 198 g/mol. The number of hydrogen-bond acceptors (Lipinski definition) is 3. The smallest absolute Gasteiger partial charge is 0.126 e. The van der Waals surface area contributed by atoms with Gasteiger partial charge in [0, 0.05) is 5.03 Å². The van der Waals surface area contributed by atoms with Gasteiger partial charge in [-0.05, 0) is 18.6 Å². The average Bonchev–Trinajstić information content (AvgIpc) is 2.07. The van der Waals surface area contributed by atoms with Crippen molar-refractivity contribution in [3.8, 4) is 0 Å². The van der Waals surface area contributed by atoms with E-state index in [0.29, 0.717) is 17.3 Å². The zero-order valence-corrected chi connectivity index (χ0v) is 8.23. The van der Waals surface area contributed by atoms with Crippen LogP contribution in [0.3, 0.4) is 0 Å². The molecule has 0 aromatic carbocycles. The second-order valence-electron chi connectivity index (χ2n) is 2.80. The number of anilines is 2. The normalized spacial score (nSPS) is 9.69. The molecule has 0 atom stereocenters. The fourth-order valence-corrected chi connectivity index (χ4v) is 0.917. The first-order chi connectivity index (χ1) is 6.09. The molecule has 0 spiro atoms. The first-order valence-corrected chi connectivity index (χ1v) is 4.26. The lowest BCUT2D eigenvalue weighted by Crippen LogP contribution is -2.03. The SMILES string of the molecule is C=C(Cl)CNc1cc(C)c(N)cn1. The number of aromatic nitrogens is 1. The summed E-state index contributed by atoms with van der Waals surface area (Å²) in [6.45, 7) is 6.00. The van der Waals surface area contributed by atoms with Crippen LogP contribution in [0, 0.1) is 6.92 Å². The molecule has 1 heterocycles. The molecular formula is C9H12ClN3. The summed E-state index contributed by atoms with van der Waals surface area (Å²) in [4.78, 5) is 4.08. The summed E-state index contributed by atoms with van der Waals surface area (Å²) in [6, 6.07) is 1.87. The lowest BCUT2D eigenvalue weighted by Gasteiger charge is -2.05. The number of nitrogen functional groups attached to an aromatic ring is 1. The van der Waals surface area contributed by atoms with Gasteiger partial charge in [0.15, 0.2) is 0 Å². The molecule has 70 valence electrons. The van der Waals surface area contributed by atoms with Gasteiger partial charge < -0.3 is 11.1 Å². The van der Waals surface area contributed by atoms with E-state index in [1.807, 2.05) is 13.0 Å². The third kappa shape index (κ3) is 2.95. The molecule has 0 saturated carbocycles. The Hall–Kier alpha value is -1.22. The van der Waals surface area contributed by atoms with Gasteiger partial charge in [0.1, 0.15) is 5.82 Å². The number of hydrogen-bond donors (Lipinski definition) is 2. The molecule has 0 radical (unpaired) electrons. The molecule has 0 fully saturated rings. The van der Waals surface area contributed by atoms with Gasteiger partial charge in [0.05, 0.1) is 18.4 Å². The van der Waals surface area contributed by atoms with Crippen LogP contribution in [0.4, 0.5) is 11.5 Å². The van der Waals surface area contributed by atoms with Crippen LogP contribution in [0.5, 0.6) is 0 Å². The van der Waals surface area contributed by atoms with Crippen molar-refractivity contribution in [2.45, 2.75) is 6.92 Å². The Morgan fingerprint density at radius 1 is 1.77 bits per heavy atom. The van der Waals surface area contributed by atoms with Crippen molar-refractivity contribution < 1.29 is 0 Å². The van der Waals surface area contributed by atoms with E-state index in [0.717, 1.165) is 11.4 Å². The molecule has 13 heavy (non-hydrogen) atoms. The third-order valence-corrected chi connectivity index (χ3v) is 1.75. The molecule has 3 N–H and O–H groups in total. The van der Waals surface area contributed by atoms with Crippen molar-refractivity contribution in [3.63, 3.8) is 0 Å². The standard InChI is InChI=1S/C9H12ClN3/c1-6-3-9(12-4-7(2)10)13-5-8(6)11/h3,5H,2,4,11H2,1H3,(H,12,13). The second kappa shape index (κ2) is 4.14. The van der Waals surface area contributed by atoms with Crippen molar-refractivity contribution in [2.24, 2.45) is 0 Å². The summed E-state index contributed by atoms with van der Waals surface area (Å²) in [7, 11) is 0. The van der Waals surface area contributed by atoms with Gasteiger partial charge in [-0.2, -0.15) is 0 Å². The Kier molecular flexibility index (Phi) is 3.14. The highest BCUT2D eigenvalue weighted by molar-refractivity contribution is 6.29. The minimum absolute atomic E-state index is 0.512. The number of nitrogens with two attached hydrogens (primary N) is 1. The molecule has 0 aliphatic heterocycles. The Morgan fingerprint density at radius 2 is 2.46 bits per heavy atom. The van der Waals surface area contributed by atoms with Crippen LogP contribution in [0.2, 0.25) is 0 Å². The third-order valence-electron chi connectivity index (χ3n) is 1.61. The molecule has 0 unspecified atom stereocenters. The molecule has 1 aromatic rings. The van der Waals surface area contributed by atoms with Crippen molar-refractivity contribution >= 4 is 23.1 Å².